The monoisotopic (exact) mass is 381 g/mol. The van der Waals surface area contributed by atoms with Crippen LogP contribution >= 0.6 is 11.6 Å². The van der Waals surface area contributed by atoms with E-state index in [1.807, 2.05) is 4.90 Å². The van der Waals surface area contributed by atoms with Gasteiger partial charge < -0.3 is 15.0 Å². The summed E-state index contributed by atoms with van der Waals surface area (Å²) in [5.41, 5.74) is 0.456. The van der Waals surface area contributed by atoms with Crippen molar-refractivity contribution < 1.29 is 14.1 Å². The normalized spacial score (nSPS) is 15.2. The summed E-state index contributed by atoms with van der Waals surface area (Å²) in [6.07, 6.45) is 1.41. The lowest BCUT2D eigenvalue weighted by Crippen LogP contribution is -2.49. The molecule has 0 aliphatic carbocycles. The lowest BCUT2D eigenvalue weighted by Gasteiger charge is -2.34. The summed E-state index contributed by atoms with van der Waals surface area (Å²) >= 11 is 6.05. The Kier molecular flexibility index (Phi) is 5.48. The van der Waals surface area contributed by atoms with Crippen molar-refractivity contribution in [1.29, 1.82) is 0 Å². The molecule has 0 bridgehead atoms. The highest BCUT2D eigenvalue weighted by molar-refractivity contribution is 6.31. The highest BCUT2D eigenvalue weighted by Crippen LogP contribution is 2.21. The Labute approximate surface area is 153 Å². The van der Waals surface area contributed by atoms with Crippen molar-refractivity contribution in [2.75, 3.05) is 26.2 Å². The zero-order valence-electron chi connectivity index (χ0n) is 13.8. The van der Waals surface area contributed by atoms with Crippen molar-refractivity contribution in [3.05, 3.63) is 57.0 Å². The van der Waals surface area contributed by atoms with Gasteiger partial charge in [0.25, 0.3) is 0 Å². The highest BCUT2D eigenvalue weighted by atomic mass is 35.5. The van der Waals surface area contributed by atoms with Crippen LogP contribution in [0, 0.1) is 15.9 Å². The Balaban J connectivity index is 1.53. The van der Waals surface area contributed by atoms with Gasteiger partial charge in [0, 0.05) is 43.3 Å². The van der Waals surface area contributed by atoms with E-state index in [2.05, 4.69) is 5.10 Å². The van der Waals surface area contributed by atoms with Gasteiger partial charge in [-0.25, -0.2) is 4.39 Å². The number of hydrogen-bond acceptors (Lipinski definition) is 5. The van der Waals surface area contributed by atoms with Crippen LogP contribution in [0.2, 0.25) is 5.02 Å². The Hall–Kier alpha value is -2.52. The number of piperazine rings is 1. The lowest BCUT2D eigenvalue weighted by molar-refractivity contribution is -0.389. The maximum Gasteiger partial charge on any atom is 0.389 e. The number of benzene rings is 1. The van der Waals surface area contributed by atoms with Gasteiger partial charge in [0.1, 0.15) is 12.4 Å². The smallest absolute Gasteiger partial charge is 0.358 e. The van der Waals surface area contributed by atoms with Crippen LogP contribution in [-0.4, -0.2) is 56.6 Å². The van der Waals surface area contributed by atoms with Crippen LogP contribution in [0.25, 0.3) is 0 Å². The lowest BCUT2D eigenvalue weighted by atomic mass is 10.2. The number of rotatable bonds is 5. The molecule has 0 unspecified atom stereocenters. The first-order valence-corrected chi connectivity index (χ1v) is 8.42. The number of hydrogen-bond donors (Lipinski definition) is 0. The molecule has 0 spiro atoms. The standard InChI is InChI=1S/C16H17ClFN5O3/c17-13-2-1-3-14(18)12(13)10-20-6-8-21(9-7-20)16(24)11-22-5-4-15(19-22)23(25)26/h1-5H,6-11H2. The van der Waals surface area contributed by atoms with Crippen LogP contribution in [0.4, 0.5) is 10.2 Å². The van der Waals surface area contributed by atoms with Crippen LogP contribution in [0.1, 0.15) is 5.56 Å². The van der Waals surface area contributed by atoms with Crippen molar-refractivity contribution in [3.63, 3.8) is 0 Å². The van der Waals surface area contributed by atoms with Gasteiger partial charge in [0.15, 0.2) is 0 Å². The van der Waals surface area contributed by atoms with E-state index in [1.165, 1.54) is 23.0 Å². The molecule has 10 heteroatoms. The molecule has 26 heavy (non-hydrogen) atoms. The fourth-order valence-corrected chi connectivity index (χ4v) is 3.06. The molecule has 3 rings (SSSR count). The Morgan fingerprint density at radius 1 is 1.27 bits per heavy atom. The number of amides is 1. The summed E-state index contributed by atoms with van der Waals surface area (Å²) in [6.45, 7) is 2.51. The van der Waals surface area contributed by atoms with E-state index in [1.54, 1.807) is 17.0 Å². The second-order valence-electron chi connectivity index (χ2n) is 5.99. The first kappa shape index (κ1) is 18.3. The third kappa shape index (κ3) is 4.17. The summed E-state index contributed by atoms with van der Waals surface area (Å²) in [4.78, 5) is 26.0. The third-order valence-electron chi connectivity index (χ3n) is 4.28. The SMILES string of the molecule is O=C(Cn1ccc([N+](=O)[O-])n1)N1CCN(Cc2c(F)cccc2Cl)CC1. The van der Waals surface area contributed by atoms with Crippen LogP contribution in [-0.2, 0) is 17.9 Å². The van der Waals surface area contributed by atoms with Crippen LogP contribution < -0.4 is 0 Å². The van der Waals surface area contributed by atoms with Crippen molar-refractivity contribution in [3.8, 4) is 0 Å². The molecule has 1 aliphatic rings. The molecular formula is C16H17ClFN5O3. The minimum atomic E-state index is -0.604. The summed E-state index contributed by atoms with van der Waals surface area (Å²) in [5, 5.41) is 14.8. The molecule has 1 saturated heterocycles. The molecule has 0 saturated carbocycles. The van der Waals surface area contributed by atoms with Gasteiger partial charge in [-0.15, -0.1) is 0 Å². The topological polar surface area (TPSA) is 84.5 Å². The molecule has 1 aromatic heterocycles. The highest BCUT2D eigenvalue weighted by Gasteiger charge is 2.24. The van der Waals surface area contributed by atoms with Gasteiger partial charge in [0.05, 0.1) is 17.4 Å². The van der Waals surface area contributed by atoms with Gasteiger partial charge >= 0.3 is 5.82 Å². The average Bonchev–Trinajstić information content (AvgIpc) is 3.07. The second-order valence-corrected chi connectivity index (χ2v) is 6.39. The Morgan fingerprint density at radius 2 is 2.00 bits per heavy atom. The number of nitrogens with zero attached hydrogens (tertiary/aromatic N) is 5. The third-order valence-corrected chi connectivity index (χ3v) is 4.63. The van der Waals surface area contributed by atoms with Gasteiger partial charge in [0.2, 0.25) is 5.91 Å². The van der Waals surface area contributed by atoms with Crippen molar-refractivity contribution in [2.24, 2.45) is 0 Å². The van der Waals surface area contributed by atoms with Gasteiger partial charge in [-0.1, -0.05) is 17.7 Å². The molecule has 2 aromatic rings. The number of carbonyl (C=O) groups excluding carboxylic acids is 1. The fourth-order valence-electron chi connectivity index (χ4n) is 2.84. The maximum atomic E-state index is 13.9. The molecule has 0 radical (unpaired) electrons. The molecule has 0 N–H and O–H groups in total. The van der Waals surface area contributed by atoms with E-state index in [0.717, 1.165) is 0 Å². The predicted octanol–water partition coefficient (Wildman–Crippen LogP) is 1.93. The number of aromatic nitrogens is 2. The molecule has 8 nitrogen and oxygen atoms in total. The first-order chi connectivity index (χ1) is 12.4. The molecule has 1 fully saturated rings. The Morgan fingerprint density at radius 3 is 2.62 bits per heavy atom. The average molecular weight is 382 g/mol. The maximum absolute atomic E-state index is 13.9. The zero-order chi connectivity index (χ0) is 18.7. The molecule has 138 valence electrons. The van der Waals surface area contributed by atoms with E-state index in [4.69, 9.17) is 11.6 Å². The van der Waals surface area contributed by atoms with E-state index in [0.29, 0.717) is 43.3 Å². The summed E-state index contributed by atoms with van der Waals surface area (Å²) in [5.74, 6) is -0.785. The number of carbonyl (C=O) groups is 1. The number of nitro groups is 1. The number of halogens is 2. The van der Waals surface area contributed by atoms with Crippen molar-refractivity contribution in [1.82, 2.24) is 19.6 Å². The zero-order valence-corrected chi connectivity index (χ0v) is 14.6. The minimum absolute atomic E-state index is 0.0486. The summed E-state index contributed by atoms with van der Waals surface area (Å²) in [6, 6.07) is 5.86. The summed E-state index contributed by atoms with van der Waals surface area (Å²) < 4.78 is 15.1. The van der Waals surface area contributed by atoms with E-state index in [-0.39, 0.29) is 24.1 Å². The van der Waals surface area contributed by atoms with Crippen LogP contribution in [0.3, 0.4) is 0 Å². The van der Waals surface area contributed by atoms with Crippen LogP contribution in [0.5, 0.6) is 0 Å². The van der Waals surface area contributed by atoms with E-state index in [9.17, 15) is 19.3 Å². The molecule has 1 amide bonds. The minimum Gasteiger partial charge on any atom is -0.358 e. The predicted molar refractivity (Wildman–Crippen MR) is 92.1 cm³/mol. The Bertz CT molecular complexity index is 800. The second kappa shape index (κ2) is 7.79. The van der Waals surface area contributed by atoms with Gasteiger partial charge in [-0.05, 0) is 17.1 Å². The van der Waals surface area contributed by atoms with E-state index >= 15 is 0 Å². The molecular weight excluding hydrogens is 365 g/mol. The molecule has 0 atom stereocenters. The van der Waals surface area contributed by atoms with Crippen molar-refractivity contribution >= 4 is 23.3 Å². The largest absolute Gasteiger partial charge is 0.389 e. The summed E-state index contributed by atoms with van der Waals surface area (Å²) in [7, 11) is 0. The van der Waals surface area contributed by atoms with E-state index < -0.39 is 4.92 Å². The molecule has 1 aliphatic heterocycles. The first-order valence-electron chi connectivity index (χ1n) is 8.05. The van der Waals surface area contributed by atoms with Crippen LogP contribution in [0.15, 0.2) is 30.5 Å². The quantitative estimate of drug-likeness (QED) is 0.583. The van der Waals surface area contributed by atoms with Gasteiger partial charge in [-0.2, -0.15) is 4.68 Å². The van der Waals surface area contributed by atoms with Crippen molar-refractivity contribution in [2.45, 2.75) is 13.1 Å². The fraction of sp³-hybridized carbons (Fsp3) is 0.375. The molecule has 2 heterocycles. The van der Waals surface area contributed by atoms with Gasteiger partial charge in [-0.3, -0.25) is 9.69 Å². The molecule has 1 aromatic carbocycles.